The zero-order valence-electron chi connectivity index (χ0n) is 10.6. The molecule has 1 N–H and O–H groups in total. The van der Waals surface area contributed by atoms with Gasteiger partial charge in [0.05, 0.1) is 11.6 Å². The highest BCUT2D eigenvalue weighted by atomic mass is 32.1. The molecule has 2 rings (SSSR count). The van der Waals surface area contributed by atoms with E-state index in [9.17, 15) is 4.39 Å². The zero-order chi connectivity index (χ0) is 13.0. The zero-order valence-corrected chi connectivity index (χ0v) is 11.4. The summed E-state index contributed by atoms with van der Waals surface area (Å²) in [5.74, 6) is -0.185. The van der Waals surface area contributed by atoms with Gasteiger partial charge in [0, 0.05) is 11.1 Å². The topological polar surface area (TPSA) is 24.9 Å². The van der Waals surface area contributed by atoms with Crippen LogP contribution in [-0.2, 0) is 0 Å². The van der Waals surface area contributed by atoms with Gasteiger partial charge >= 0.3 is 0 Å². The lowest BCUT2D eigenvalue weighted by atomic mass is 10.00. The van der Waals surface area contributed by atoms with Gasteiger partial charge in [-0.05, 0) is 43.1 Å². The Kier molecular flexibility index (Phi) is 4.44. The molecule has 0 saturated heterocycles. The fraction of sp³-hybridized carbons (Fsp3) is 0.357. The third-order valence-corrected chi connectivity index (χ3v) is 3.72. The molecule has 0 amide bonds. The van der Waals surface area contributed by atoms with Crippen molar-refractivity contribution in [3.63, 3.8) is 0 Å². The molecule has 0 spiro atoms. The minimum Gasteiger partial charge on any atom is -0.306 e. The Bertz CT molecular complexity index is 497. The van der Waals surface area contributed by atoms with Crippen LogP contribution in [0.4, 0.5) is 4.39 Å². The van der Waals surface area contributed by atoms with Gasteiger partial charge < -0.3 is 5.32 Å². The molecule has 2 aromatic rings. The van der Waals surface area contributed by atoms with E-state index in [-0.39, 0.29) is 11.9 Å². The summed E-state index contributed by atoms with van der Waals surface area (Å²) in [6, 6.07) is 5.07. The average Bonchev–Trinajstić information content (AvgIpc) is 2.85. The number of rotatable bonds is 5. The van der Waals surface area contributed by atoms with Gasteiger partial charge in [-0.1, -0.05) is 13.0 Å². The van der Waals surface area contributed by atoms with Gasteiger partial charge in [-0.25, -0.2) is 4.39 Å². The molecule has 0 bridgehead atoms. The molecule has 1 aromatic heterocycles. The van der Waals surface area contributed by atoms with E-state index in [2.05, 4.69) is 17.2 Å². The highest BCUT2D eigenvalue weighted by molar-refractivity contribution is 7.09. The van der Waals surface area contributed by atoms with Crippen molar-refractivity contribution < 1.29 is 4.39 Å². The smallest absolute Gasteiger partial charge is 0.123 e. The van der Waals surface area contributed by atoms with Gasteiger partial charge in [-0.3, -0.25) is 4.98 Å². The maximum Gasteiger partial charge on any atom is 0.123 e. The largest absolute Gasteiger partial charge is 0.306 e. The number of aryl methyl sites for hydroxylation is 1. The predicted octanol–water partition coefficient (Wildman–Crippen LogP) is 3.68. The Morgan fingerprint density at radius 1 is 1.44 bits per heavy atom. The summed E-state index contributed by atoms with van der Waals surface area (Å²) in [7, 11) is 0. The molecule has 1 unspecified atom stereocenters. The molecule has 1 aromatic carbocycles. The lowest BCUT2D eigenvalue weighted by Gasteiger charge is -2.19. The number of hydrogen-bond donors (Lipinski definition) is 1. The van der Waals surface area contributed by atoms with E-state index in [1.54, 1.807) is 17.4 Å². The van der Waals surface area contributed by atoms with Gasteiger partial charge in [-0.2, -0.15) is 0 Å². The van der Waals surface area contributed by atoms with Crippen molar-refractivity contribution >= 4 is 11.3 Å². The fourth-order valence-corrected chi connectivity index (χ4v) is 2.70. The first-order valence-electron chi connectivity index (χ1n) is 6.10. The molecule has 0 aliphatic rings. The fourth-order valence-electron chi connectivity index (χ4n) is 1.98. The number of nitrogens with one attached hydrogen (secondary N) is 1. The standard InChI is InChI=1S/C14H17FN2S/c1-3-6-17-14(13-8-16-9-18-13)12-5-4-11(15)7-10(12)2/h4-5,7-9,14,17H,3,6H2,1-2H3. The molecule has 0 radical (unpaired) electrons. The summed E-state index contributed by atoms with van der Waals surface area (Å²) in [5, 5.41) is 3.50. The Morgan fingerprint density at radius 2 is 2.28 bits per heavy atom. The normalized spacial score (nSPS) is 12.6. The molecule has 0 saturated carbocycles. The van der Waals surface area contributed by atoms with Crippen LogP contribution in [0.5, 0.6) is 0 Å². The van der Waals surface area contributed by atoms with Crippen molar-refractivity contribution in [2.45, 2.75) is 26.3 Å². The quantitative estimate of drug-likeness (QED) is 0.891. The Morgan fingerprint density at radius 3 is 2.89 bits per heavy atom. The summed E-state index contributed by atoms with van der Waals surface area (Å²) in [4.78, 5) is 5.29. The minimum absolute atomic E-state index is 0.109. The van der Waals surface area contributed by atoms with Gasteiger partial charge in [0.2, 0.25) is 0 Å². The predicted molar refractivity (Wildman–Crippen MR) is 73.4 cm³/mol. The van der Waals surface area contributed by atoms with Crippen LogP contribution in [-0.4, -0.2) is 11.5 Å². The van der Waals surface area contributed by atoms with Crippen molar-refractivity contribution in [3.8, 4) is 0 Å². The van der Waals surface area contributed by atoms with E-state index >= 15 is 0 Å². The van der Waals surface area contributed by atoms with Crippen LogP contribution in [0.3, 0.4) is 0 Å². The van der Waals surface area contributed by atoms with Gasteiger partial charge in [-0.15, -0.1) is 11.3 Å². The highest BCUT2D eigenvalue weighted by Crippen LogP contribution is 2.27. The second kappa shape index (κ2) is 6.07. The summed E-state index contributed by atoms with van der Waals surface area (Å²) in [6.07, 6.45) is 2.94. The van der Waals surface area contributed by atoms with Crippen molar-refractivity contribution in [3.05, 3.63) is 51.7 Å². The summed E-state index contributed by atoms with van der Waals surface area (Å²) in [6.45, 7) is 5.01. The number of thiazole rings is 1. The summed E-state index contributed by atoms with van der Waals surface area (Å²) >= 11 is 1.62. The number of nitrogens with zero attached hydrogens (tertiary/aromatic N) is 1. The molecule has 96 valence electrons. The van der Waals surface area contributed by atoms with Crippen LogP contribution < -0.4 is 5.32 Å². The van der Waals surface area contributed by atoms with Crippen molar-refractivity contribution in [2.24, 2.45) is 0 Å². The van der Waals surface area contributed by atoms with Crippen LogP contribution in [0.1, 0.15) is 35.4 Å². The van der Waals surface area contributed by atoms with Gasteiger partial charge in [0.25, 0.3) is 0 Å². The maximum absolute atomic E-state index is 13.2. The number of halogens is 1. The highest BCUT2D eigenvalue weighted by Gasteiger charge is 2.17. The monoisotopic (exact) mass is 264 g/mol. The molecule has 0 fully saturated rings. The van der Waals surface area contributed by atoms with Crippen molar-refractivity contribution in [2.75, 3.05) is 6.54 Å². The first-order chi connectivity index (χ1) is 8.72. The molecular formula is C14H17FN2S. The van der Waals surface area contributed by atoms with Crippen LogP contribution in [0.15, 0.2) is 29.9 Å². The number of benzene rings is 1. The van der Waals surface area contributed by atoms with Gasteiger partial charge in [0.1, 0.15) is 5.82 Å². The Labute approximate surface area is 111 Å². The second-order valence-corrected chi connectivity index (χ2v) is 5.21. The van der Waals surface area contributed by atoms with Crippen LogP contribution in [0.2, 0.25) is 0 Å². The van der Waals surface area contributed by atoms with Crippen LogP contribution >= 0.6 is 11.3 Å². The lowest BCUT2D eigenvalue weighted by molar-refractivity contribution is 0.595. The average molecular weight is 264 g/mol. The van der Waals surface area contributed by atoms with Crippen LogP contribution in [0, 0.1) is 12.7 Å². The van der Waals surface area contributed by atoms with E-state index in [4.69, 9.17) is 0 Å². The Hall–Kier alpha value is -1.26. The number of aromatic nitrogens is 1. The van der Waals surface area contributed by atoms with Gasteiger partial charge in [0.15, 0.2) is 0 Å². The maximum atomic E-state index is 13.2. The molecular weight excluding hydrogens is 247 g/mol. The van der Waals surface area contributed by atoms with Crippen molar-refractivity contribution in [1.29, 1.82) is 0 Å². The van der Waals surface area contributed by atoms with Crippen LogP contribution in [0.25, 0.3) is 0 Å². The number of hydrogen-bond acceptors (Lipinski definition) is 3. The van der Waals surface area contributed by atoms with E-state index in [1.165, 1.54) is 6.07 Å². The summed E-state index contributed by atoms with van der Waals surface area (Å²) in [5.41, 5.74) is 3.92. The Balaban J connectivity index is 2.33. The molecule has 0 aliphatic heterocycles. The second-order valence-electron chi connectivity index (χ2n) is 4.29. The molecule has 1 atom stereocenters. The van der Waals surface area contributed by atoms with E-state index < -0.39 is 0 Å². The SMILES string of the molecule is CCCNC(c1cncs1)c1ccc(F)cc1C. The third kappa shape index (κ3) is 2.94. The molecule has 0 aliphatic carbocycles. The third-order valence-electron chi connectivity index (χ3n) is 2.88. The summed E-state index contributed by atoms with van der Waals surface area (Å²) < 4.78 is 13.2. The van der Waals surface area contributed by atoms with E-state index in [0.717, 1.165) is 29.0 Å². The molecule has 4 heteroatoms. The molecule has 2 nitrogen and oxygen atoms in total. The minimum atomic E-state index is -0.185. The van der Waals surface area contributed by atoms with E-state index in [1.807, 2.05) is 24.7 Å². The molecule has 1 heterocycles. The first kappa shape index (κ1) is 13.2. The molecule has 18 heavy (non-hydrogen) atoms. The van der Waals surface area contributed by atoms with Crippen molar-refractivity contribution in [1.82, 2.24) is 10.3 Å². The lowest BCUT2D eigenvalue weighted by Crippen LogP contribution is -2.23. The van der Waals surface area contributed by atoms with E-state index in [0.29, 0.717) is 0 Å². The first-order valence-corrected chi connectivity index (χ1v) is 6.98.